The number of nitrogens with zero attached hydrogens (tertiary/aromatic N) is 2. The molecule has 0 aliphatic carbocycles. The molecule has 4 nitrogen and oxygen atoms in total. The summed E-state index contributed by atoms with van der Waals surface area (Å²) in [6.45, 7) is 4.90. The molecular formula is C19H21N3O. The van der Waals surface area contributed by atoms with E-state index in [-0.39, 0.29) is 5.91 Å². The summed E-state index contributed by atoms with van der Waals surface area (Å²) in [5.41, 5.74) is 2.97. The summed E-state index contributed by atoms with van der Waals surface area (Å²) in [6, 6.07) is 12.2. The number of pyridine rings is 1. The molecule has 0 saturated carbocycles. The molecule has 0 aliphatic heterocycles. The summed E-state index contributed by atoms with van der Waals surface area (Å²) in [5, 5.41) is 4.14. The molecule has 1 amide bonds. The Hall–Kier alpha value is -2.62. The van der Waals surface area contributed by atoms with E-state index in [1.165, 1.54) is 5.56 Å². The fraction of sp³-hybridized carbons (Fsp3) is 0.263. The van der Waals surface area contributed by atoms with Crippen LogP contribution in [0.15, 0.2) is 55.0 Å². The number of aromatic nitrogens is 2. The van der Waals surface area contributed by atoms with Crippen LogP contribution in [0, 0.1) is 0 Å². The van der Waals surface area contributed by atoms with Crippen molar-refractivity contribution in [2.24, 2.45) is 0 Å². The van der Waals surface area contributed by atoms with E-state index in [0.29, 0.717) is 18.2 Å². The van der Waals surface area contributed by atoms with Gasteiger partial charge in [-0.05, 0) is 61.5 Å². The van der Waals surface area contributed by atoms with Crippen molar-refractivity contribution >= 4 is 16.8 Å². The maximum atomic E-state index is 12.3. The molecule has 0 spiro atoms. The molecule has 1 N–H and O–H groups in total. The summed E-state index contributed by atoms with van der Waals surface area (Å²) in [5.74, 6) is -0.0301. The molecule has 2 aromatic heterocycles. The minimum absolute atomic E-state index is 0.0301. The Balaban J connectivity index is 1.69. The van der Waals surface area contributed by atoms with E-state index in [9.17, 15) is 4.79 Å². The number of hydrogen-bond acceptors (Lipinski definition) is 2. The van der Waals surface area contributed by atoms with Crippen molar-refractivity contribution < 1.29 is 4.79 Å². The highest BCUT2D eigenvalue weighted by molar-refractivity contribution is 5.98. The second kappa shape index (κ2) is 6.65. The van der Waals surface area contributed by atoms with Crippen LogP contribution in [0.25, 0.3) is 10.9 Å². The number of rotatable bonds is 5. The standard InChI is InChI=1S/C19H21N3O/c1-14(2)22-12-8-16-3-4-17(13-18(16)22)19(23)21-11-7-15-5-9-20-10-6-15/h3-6,8-10,12-14H,7,11H2,1-2H3,(H,21,23). The Morgan fingerprint density at radius 3 is 2.70 bits per heavy atom. The third-order valence-corrected chi connectivity index (χ3v) is 3.99. The van der Waals surface area contributed by atoms with Gasteiger partial charge in [-0.2, -0.15) is 0 Å². The molecule has 0 bridgehead atoms. The van der Waals surface area contributed by atoms with Crippen LogP contribution in [-0.2, 0) is 6.42 Å². The molecule has 0 aliphatic rings. The SMILES string of the molecule is CC(C)n1ccc2ccc(C(=O)NCCc3ccncc3)cc21. The van der Waals surface area contributed by atoms with Gasteiger partial charge in [-0.25, -0.2) is 0 Å². The lowest BCUT2D eigenvalue weighted by atomic mass is 10.1. The van der Waals surface area contributed by atoms with Gasteiger partial charge in [0.15, 0.2) is 0 Å². The number of nitrogens with one attached hydrogen (secondary N) is 1. The zero-order valence-electron chi connectivity index (χ0n) is 13.5. The monoisotopic (exact) mass is 307 g/mol. The van der Waals surface area contributed by atoms with E-state index in [2.05, 4.69) is 41.0 Å². The van der Waals surface area contributed by atoms with Crippen LogP contribution in [0.4, 0.5) is 0 Å². The number of amides is 1. The number of carbonyl (C=O) groups excluding carboxylic acids is 1. The largest absolute Gasteiger partial charge is 0.352 e. The van der Waals surface area contributed by atoms with Gasteiger partial charge in [0, 0.05) is 42.3 Å². The number of benzene rings is 1. The molecule has 3 aromatic rings. The van der Waals surface area contributed by atoms with Crippen LogP contribution in [0.5, 0.6) is 0 Å². The first-order valence-corrected chi connectivity index (χ1v) is 7.93. The lowest BCUT2D eigenvalue weighted by Gasteiger charge is -2.10. The Kier molecular flexibility index (Phi) is 4.42. The fourth-order valence-electron chi connectivity index (χ4n) is 2.71. The number of fused-ring (bicyclic) bond motifs is 1. The van der Waals surface area contributed by atoms with Gasteiger partial charge < -0.3 is 9.88 Å². The molecule has 4 heteroatoms. The van der Waals surface area contributed by atoms with Gasteiger partial charge in [0.25, 0.3) is 5.91 Å². The second-order valence-electron chi connectivity index (χ2n) is 5.95. The van der Waals surface area contributed by atoms with E-state index < -0.39 is 0 Å². The van der Waals surface area contributed by atoms with Gasteiger partial charge in [0.1, 0.15) is 0 Å². The first kappa shape index (κ1) is 15.3. The summed E-state index contributed by atoms with van der Waals surface area (Å²) in [4.78, 5) is 16.3. The van der Waals surface area contributed by atoms with Crippen LogP contribution in [0.2, 0.25) is 0 Å². The Morgan fingerprint density at radius 1 is 1.17 bits per heavy atom. The molecular weight excluding hydrogens is 286 g/mol. The predicted octanol–water partition coefficient (Wildman–Crippen LogP) is 3.59. The first-order chi connectivity index (χ1) is 11.1. The van der Waals surface area contributed by atoms with E-state index in [4.69, 9.17) is 0 Å². The normalized spacial score (nSPS) is 11.1. The van der Waals surface area contributed by atoms with Gasteiger partial charge in [-0.1, -0.05) is 6.07 Å². The maximum absolute atomic E-state index is 12.3. The average molecular weight is 307 g/mol. The van der Waals surface area contributed by atoms with Gasteiger partial charge in [-0.15, -0.1) is 0 Å². The van der Waals surface area contributed by atoms with Gasteiger partial charge >= 0.3 is 0 Å². The van der Waals surface area contributed by atoms with Gasteiger partial charge in [0.05, 0.1) is 0 Å². The lowest BCUT2D eigenvalue weighted by molar-refractivity contribution is 0.0954. The average Bonchev–Trinajstić information content (AvgIpc) is 2.99. The zero-order chi connectivity index (χ0) is 16.2. The number of hydrogen-bond donors (Lipinski definition) is 1. The zero-order valence-corrected chi connectivity index (χ0v) is 13.5. The molecule has 0 radical (unpaired) electrons. The number of carbonyl (C=O) groups is 1. The highest BCUT2D eigenvalue weighted by Crippen LogP contribution is 2.21. The second-order valence-corrected chi connectivity index (χ2v) is 5.95. The van der Waals surface area contributed by atoms with E-state index in [1.54, 1.807) is 12.4 Å². The maximum Gasteiger partial charge on any atom is 0.251 e. The highest BCUT2D eigenvalue weighted by Gasteiger charge is 2.09. The topological polar surface area (TPSA) is 46.9 Å². The Labute approximate surface area is 136 Å². The van der Waals surface area contributed by atoms with Crippen LogP contribution in [-0.4, -0.2) is 22.0 Å². The lowest BCUT2D eigenvalue weighted by Crippen LogP contribution is -2.25. The van der Waals surface area contributed by atoms with Crippen molar-refractivity contribution in [1.29, 1.82) is 0 Å². The Morgan fingerprint density at radius 2 is 1.96 bits per heavy atom. The van der Waals surface area contributed by atoms with Crippen molar-refractivity contribution in [2.45, 2.75) is 26.3 Å². The molecule has 3 rings (SSSR count). The minimum atomic E-state index is -0.0301. The van der Waals surface area contributed by atoms with Crippen LogP contribution >= 0.6 is 0 Å². The van der Waals surface area contributed by atoms with Crippen molar-refractivity contribution in [3.8, 4) is 0 Å². The molecule has 0 atom stereocenters. The minimum Gasteiger partial charge on any atom is -0.352 e. The molecule has 2 heterocycles. The van der Waals surface area contributed by atoms with Crippen LogP contribution in [0.3, 0.4) is 0 Å². The molecule has 0 unspecified atom stereocenters. The fourth-order valence-corrected chi connectivity index (χ4v) is 2.71. The van der Waals surface area contributed by atoms with E-state index in [0.717, 1.165) is 17.3 Å². The third kappa shape index (κ3) is 3.42. The van der Waals surface area contributed by atoms with Crippen molar-refractivity contribution in [3.63, 3.8) is 0 Å². The molecule has 0 fully saturated rings. The molecule has 1 aromatic carbocycles. The quantitative estimate of drug-likeness (QED) is 0.783. The van der Waals surface area contributed by atoms with Crippen molar-refractivity contribution in [3.05, 3.63) is 66.1 Å². The van der Waals surface area contributed by atoms with Crippen molar-refractivity contribution in [2.75, 3.05) is 6.54 Å². The highest BCUT2D eigenvalue weighted by atomic mass is 16.1. The summed E-state index contributed by atoms with van der Waals surface area (Å²) < 4.78 is 2.18. The van der Waals surface area contributed by atoms with Gasteiger partial charge in [0.2, 0.25) is 0 Å². The first-order valence-electron chi connectivity index (χ1n) is 7.93. The molecule has 0 saturated heterocycles. The predicted molar refractivity (Wildman–Crippen MR) is 92.6 cm³/mol. The Bertz CT molecular complexity index is 806. The third-order valence-electron chi connectivity index (χ3n) is 3.99. The van der Waals surface area contributed by atoms with Crippen LogP contribution in [0.1, 0.15) is 35.8 Å². The van der Waals surface area contributed by atoms with Gasteiger partial charge in [-0.3, -0.25) is 9.78 Å². The van der Waals surface area contributed by atoms with Crippen LogP contribution < -0.4 is 5.32 Å². The van der Waals surface area contributed by atoms with E-state index in [1.807, 2.05) is 30.3 Å². The summed E-state index contributed by atoms with van der Waals surface area (Å²) in [7, 11) is 0. The summed E-state index contributed by atoms with van der Waals surface area (Å²) >= 11 is 0. The smallest absolute Gasteiger partial charge is 0.251 e. The molecule has 23 heavy (non-hydrogen) atoms. The van der Waals surface area contributed by atoms with E-state index >= 15 is 0 Å². The molecule has 118 valence electrons. The summed E-state index contributed by atoms with van der Waals surface area (Å²) in [6.07, 6.45) is 6.41. The van der Waals surface area contributed by atoms with Crippen molar-refractivity contribution in [1.82, 2.24) is 14.9 Å².